The number of rotatable bonds is 2. The van der Waals surface area contributed by atoms with Gasteiger partial charge in [0.25, 0.3) is 0 Å². The van der Waals surface area contributed by atoms with Gasteiger partial charge >= 0.3 is 0 Å². The van der Waals surface area contributed by atoms with Crippen LogP contribution in [0, 0.1) is 11.6 Å². The summed E-state index contributed by atoms with van der Waals surface area (Å²) in [6.07, 6.45) is -0.564. The van der Waals surface area contributed by atoms with E-state index in [1.165, 1.54) is 6.92 Å². The predicted octanol–water partition coefficient (Wildman–Crippen LogP) is 2.65. The fraction of sp³-hybridized carbons (Fsp3) is 0.333. The molecule has 1 rings (SSSR count). The molecule has 0 bridgehead atoms. The van der Waals surface area contributed by atoms with Gasteiger partial charge in [0.1, 0.15) is 11.6 Å². The first-order valence-electron chi connectivity index (χ1n) is 3.82. The zero-order chi connectivity index (χ0) is 10.0. The lowest BCUT2D eigenvalue weighted by Crippen LogP contribution is -2.06. The third kappa shape index (κ3) is 2.74. The lowest BCUT2D eigenvalue weighted by molar-refractivity contribution is 0.194. The maximum absolute atomic E-state index is 13.2. The lowest BCUT2D eigenvalue weighted by atomic mass is 10.1. The molecule has 1 unspecified atom stereocenters. The Labute approximate surface area is 83.5 Å². The Bertz CT molecular complexity index is 313. The molecule has 0 aromatic heterocycles. The second kappa shape index (κ2) is 4.15. The predicted molar refractivity (Wildman–Crippen MR) is 49.4 cm³/mol. The van der Waals surface area contributed by atoms with Gasteiger partial charge in [0.05, 0.1) is 10.6 Å². The SMILES string of the molecule is CC(O)Cc1cc(F)cc(Br)c1F. The Balaban J connectivity index is 3.05. The standard InChI is InChI=1S/C9H9BrF2O/c1-5(13)2-6-3-7(11)4-8(10)9(6)12/h3-5,13H,2H2,1H3. The van der Waals surface area contributed by atoms with E-state index in [2.05, 4.69) is 15.9 Å². The Morgan fingerprint density at radius 2 is 2.08 bits per heavy atom. The first-order valence-corrected chi connectivity index (χ1v) is 4.61. The second-order valence-corrected chi connectivity index (χ2v) is 3.77. The molecule has 0 radical (unpaired) electrons. The van der Waals surface area contributed by atoms with Crippen molar-refractivity contribution in [2.75, 3.05) is 0 Å². The van der Waals surface area contributed by atoms with E-state index in [0.29, 0.717) is 0 Å². The second-order valence-electron chi connectivity index (χ2n) is 2.91. The van der Waals surface area contributed by atoms with Crippen LogP contribution in [0.1, 0.15) is 12.5 Å². The highest BCUT2D eigenvalue weighted by molar-refractivity contribution is 9.10. The van der Waals surface area contributed by atoms with Gasteiger partial charge in [0.15, 0.2) is 0 Å². The van der Waals surface area contributed by atoms with Crippen LogP contribution in [0.3, 0.4) is 0 Å². The maximum Gasteiger partial charge on any atom is 0.140 e. The molecular weight excluding hydrogens is 242 g/mol. The van der Waals surface area contributed by atoms with Gasteiger partial charge in [-0.1, -0.05) is 0 Å². The van der Waals surface area contributed by atoms with Gasteiger partial charge in [-0.2, -0.15) is 0 Å². The molecular formula is C9H9BrF2O. The van der Waals surface area contributed by atoms with Crippen LogP contribution in [-0.2, 0) is 6.42 Å². The molecule has 72 valence electrons. The number of aliphatic hydroxyl groups excluding tert-OH is 1. The largest absolute Gasteiger partial charge is 0.393 e. The molecule has 0 saturated heterocycles. The highest BCUT2D eigenvalue weighted by atomic mass is 79.9. The fourth-order valence-electron chi connectivity index (χ4n) is 1.08. The zero-order valence-electron chi connectivity index (χ0n) is 7.02. The van der Waals surface area contributed by atoms with E-state index >= 15 is 0 Å². The summed E-state index contributed by atoms with van der Waals surface area (Å²) < 4.78 is 26.1. The van der Waals surface area contributed by atoms with Crippen LogP contribution in [0.4, 0.5) is 8.78 Å². The Kier molecular flexibility index (Phi) is 3.39. The van der Waals surface area contributed by atoms with E-state index in [9.17, 15) is 8.78 Å². The van der Waals surface area contributed by atoms with Gasteiger partial charge in [0.2, 0.25) is 0 Å². The molecule has 1 N–H and O–H groups in total. The average molecular weight is 251 g/mol. The molecule has 0 amide bonds. The summed E-state index contributed by atoms with van der Waals surface area (Å²) in [6.45, 7) is 1.53. The van der Waals surface area contributed by atoms with E-state index in [1.807, 2.05) is 0 Å². The Morgan fingerprint density at radius 1 is 1.46 bits per heavy atom. The quantitative estimate of drug-likeness (QED) is 0.801. The van der Waals surface area contributed by atoms with Crippen molar-refractivity contribution in [3.63, 3.8) is 0 Å². The summed E-state index contributed by atoms with van der Waals surface area (Å²) in [5.74, 6) is -1.02. The van der Waals surface area contributed by atoms with E-state index in [4.69, 9.17) is 5.11 Å². The summed E-state index contributed by atoms with van der Waals surface area (Å²) in [5, 5.41) is 9.01. The first kappa shape index (κ1) is 10.6. The summed E-state index contributed by atoms with van der Waals surface area (Å²) in [7, 11) is 0. The molecule has 1 atom stereocenters. The van der Waals surface area contributed by atoms with E-state index in [-0.39, 0.29) is 16.5 Å². The first-order chi connectivity index (χ1) is 6.00. The number of hydrogen-bond donors (Lipinski definition) is 1. The van der Waals surface area contributed by atoms with Crippen molar-refractivity contribution in [2.45, 2.75) is 19.4 Å². The van der Waals surface area contributed by atoms with Crippen LogP contribution in [-0.4, -0.2) is 11.2 Å². The van der Waals surface area contributed by atoms with Gasteiger partial charge in [-0.05, 0) is 40.5 Å². The minimum Gasteiger partial charge on any atom is -0.393 e. The van der Waals surface area contributed by atoms with Crippen molar-refractivity contribution in [1.82, 2.24) is 0 Å². The van der Waals surface area contributed by atoms with E-state index < -0.39 is 17.7 Å². The van der Waals surface area contributed by atoms with Gasteiger partial charge in [-0.3, -0.25) is 0 Å². The van der Waals surface area contributed by atoms with Crippen molar-refractivity contribution < 1.29 is 13.9 Å². The molecule has 4 heteroatoms. The minimum absolute atomic E-state index is 0.0863. The van der Waals surface area contributed by atoms with Crippen LogP contribution in [0.2, 0.25) is 0 Å². The third-order valence-corrected chi connectivity index (χ3v) is 2.16. The molecule has 0 spiro atoms. The monoisotopic (exact) mass is 250 g/mol. The number of halogens is 3. The molecule has 0 fully saturated rings. The third-order valence-electron chi connectivity index (χ3n) is 1.58. The fourth-order valence-corrected chi connectivity index (χ4v) is 1.55. The average Bonchev–Trinajstić information content (AvgIpc) is 1.98. The molecule has 1 nitrogen and oxygen atoms in total. The number of hydrogen-bond acceptors (Lipinski definition) is 1. The topological polar surface area (TPSA) is 20.2 Å². The van der Waals surface area contributed by atoms with Crippen LogP contribution < -0.4 is 0 Å². The molecule has 0 saturated carbocycles. The molecule has 1 aromatic carbocycles. The van der Waals surface area contributed by atoms with E-state index in [1.54, 1.807) is 0 Å². The summed E-state index contributed by atoms with van der Waals surface area (Å²) >= 11 is 2.89. The normalized spacial score (nSPS) is 13.0. The minimum atomic E-state index is -0.678. The summed E-state index contributed by atoms with van der Waals surface area (Å²) in [4.78, 5) is 0. The molecule has 0 aliphatic heterocycles. The van der Waals surface area contributed by atoms with Crippen molar-refractivity contribution in [3.8, 4) is 0 Å². The summed E-state index contributed by atoms with van der Waals surface area (Å²) in [6, 6.07) is 2.15. The smallest absolute Gasteiger partial charge is 0.140 e. The van der Waals surface area contributed by atoms with Crippen molar-refractivity contribution in [1.29, 1.82) is 0 Å². The lowest BCUT2D eigenvalue weighted by Gasteiger charge is -2.06. The Morgan fingerprint density at radius 3 is 2.62 bits per heavy atom. The molecule has 0 heterocycles. The summed E-state index contributed by atoms with van der Waals surface area (Å²) in [5.41, 5.74) is 0.182. The number of aliphatic hydroxyl groups is 1. The highest BCUT2D eigenvalue weighted by Crippen LogP contribution is 2.21. The zero-order valence-corrected chi connectivity index (χ0v) is 8.61. The highest BCUT2D eigenvalue weighted by Gasteiger charge is 2.10. The molecule has 0 aliphatic carbocycles. The van der Waals surface area contributed by atoms with Crippen molar-refractivity contribution >= 4 is 15.9 Å². The van der Waals surface area contributed by atoms with Gasteiger partial charge in [-0.25, -0.2) is 8.78 Å². The maximum atomic E-state index is 13.2. The van der Waals surface area contributed by atoms with Crippen LogP contribution in [0.25, 0.3) is 0 Å². The molecule has 1 aromatic rings. The van der Waals surface area contributed by atoms with Gasteiger partial charge < -0.3 is 5.11 Å². The van der Waals surface area contributed by atoms with Crippen LogP contribution >= 0.6 is 15.9 Å². The molecule has 13 heavy (non-hydrogen) atoms. The molecule has 0 aliphatic rings. The van der Waals surface area contributed by atoms with Crippen LogP contribution in [0.5, 0.6) is 0 Å². The van der Waals surface area contributed by atoms with Gasteiger partial charge in [-0.15, -0.1) is 0 Å². The number of benzene rings is 1. The van der Waals surface area contributed by atoms with E-state index in [0.717, 1.165) is 12.1 Å². The van der Waals surface area contributed by atoms with Crippen molar-refractivity contribution in [2.24, 2.45) is 0 Å². The van der Waals surface area contributed by atoms with Crippen LogP contribution in [0.15, 0.2) is 16.6 Å². The van der Waals surface area contributed by atoms with Gasteiger partial charge in [0, 0.05) is 6.42 Å². The van der Waals surface area contributed by atoms with Crippen molar-refractivity contribution in [3.05, 3.63) is 33.8 Å². The Hall–Kier alpha value is -0.480.